The highest BCUT2D eigenvalue weighted by molar-refractivity contribution is 5.85. The van der Waals surface area contributed by atoms with Crippen LogP contribution in [-0.2, 0) is 15.0 Å². The van der Waals surface area contributed by atoms with E-state index in [1.54, 1.807) is 0 Å². The van der Waals surface area contributed by atoms with Gasteiger partial charge in [0, 0.05) is 30.1 Å². The lowest BCUT2D eigenvalue weighted by Gasteiger charge is -2.25. The molecule has 0 heterocycles. The predicted molar refractivity (Wildman–Crippen MR) is 104 cm³/mol. The molecule has 2 rings (SSSR count). The number of aliphatic hydroxyl groups is 2. The van der Waals surface area contributed by atoms with Gasteiger partial charge in [-0.25, -0.2) is 0 Å². The minimum Gasteiger partial charge on any atom is -0.481 e. The lowest BCUT2D eigenvalue weighted by molar-refractivity contribution is -0.137. The van der Waals surface area contributed by atoms with Crippen molar-refractivity contribution in [3.63, 3.8) is 0 Å². The molecule has 1 fully saturated rings. The van der Waals surface area contributed by atoms with Crippen LogP contribution >= 0.6 is 0 Å². The molecular formula is C22H30O5. The summed E-state index contributed by atoms with van der Waals surface area (Å²) in [4.78, 5) is 22.9. The highest BCUT2D eigenvalue weighted by atomic mass is 16.4. The first-order valence-corrected chi connectivity index (χ1v) is 9.55. The normalized spacial score (nSPS) is 23.3. The molecule has 27 heavy (non-hydrogen) atoms. The number of aliphatic hydroxyl groups excluding tert-OH is 2. The van der Waals surface area contributed by atoms with Crippen molar-refractivity contribution >= 4 is 11.8 Å². The summed E-state index contributed by atoms with van der Waals surface area (Å²) in [5, 5.41) is 28.6. The maximum absolute atomic E-state index is 12.3. The highest BCUT2D eigenvalue weighted by Crippen LogP contribution is 2.40. The van der Waals surface area contributed by atoms with E-state index >= 15 is 0 Å². The molecule has 1 aliphatic rings. The zero-order valence-electron chi connectivity index (χ0n) is 16.1. The Bertz CT molecular complexity index is 674. The third-order valence-corrected chi connectivity index (χ3v) is 5.46. The predicted octanol–water partition coefficient (Wildman–Crippen LogP) is 3.19. The first-order valence-electron chi connectivity index (χ1n) is 9.55. The molecule has 0 saturated heterocycles. The average molecular weight is 374 g/mol. The van der Waals surface area contributed by atoms with Gasteiger partial charge < -0.3 is 15.3 Å². The fourth-order valence-electron chi connectivity index (χ4n) is 3.67. The minimum absolute atomic E-state index is 0.0478. The summed E-state index contributed by atoms with van der Waals surface area (Å²) in [6.07, 6.45) is 5.29. The van der Waals surface area contributed by atoms with E-state index in [1.807, 2.05) is 50.3 Å². The summed E-state index contributed by atoms with van der Waals surface area (Å²) in [6, 6.07) is 7.81. The molecule has 3 N–H and O–H groups in total. The number of unbranched alkanes of at least 4 members (excludes halogenated alkanes) is 1. The first kappa shape index (κ1) is 21.3. The van der Waals surface area contributed by atoms with Crippen LogP contribution in [0.2, 0.25) is 0 Å². The van der Waals surface area contributed by atoms with Crippen molar-refractivity contribution in [1.29, 1.82) is 0 Å². The summed E-state index contributed by atoms with van der Waals surface area (Å²) in [6.45, 7) is 3.98. The molecule has 1 aromatic rings. The quantitative estimate of drug-likeness (QED) is 0.456. The fraction of sp³-hybridized carbons (Fsp3) is 0.545. The second-order valence-corrected chi connectivity index (χ2v) is 8.03. The fourth-order valence-corrected chi connectivity index (χ4v) is 3.67. The number of hydrogen-bond donors (Lipinski definition) is 3. The number of carboxylic acids is 1. The smallest absolute Gasteiger partial charge is 0.303 e. The van der Waals surface area contributed by atoms with Gasteiger partial charge in [0.1, 0.15) is 5.78 Å². The summed E-state index contributed by atoms with van der Waals surface area (Å²) in [7, 11) is 0. The number of aliphatic carboxylic acids is 1. The Morgan fingerprint density at radius 1 is 1.22 bits per heavy atom. The highest BCUT2D eigenvalue weighted by Gasteiger charge is 2.41. The summed E-state index contributed by atoms with van der Waals surface area (Å²) in [5.41, 5.74) is 1.62. The van der Waals surface area contributed by atoms with Gasteiger partial charge in [-0.05, 0) is 30.4 Å². The summed E-state index contributed by atoms with van der Waals surface area (Å²) < 4.78 is 0. The van der Waals surface area contributed by atoms with Crippen molar-refractivity contribution in [3.8, 4) is 0 Å². The van der Waals surface area contributed by atoms with E-state index in [1.165, 1.54) is 0 Å². The maximum Gasteiger partial charge on any atom is 0.303 e. The number of carbonyl (C=O) groups is 2. The van der Waals surface area contributed by atoms with Gasteiger partial charge in [-0.3, -0.25) is 9.59 Å². The Morgan fingerprint density at radius 3 is 2.48 bits per heavy atom. The molecule has 5 heteroatoms. The molecule has 1 aromatic carbocycles. The lowest BCUT2D eigenvalue weighted by atomic mass is 9.81. The number of ketones is 1. The van der Waals surface area contributed by atoms with E-state index in [4.69, 9.17) is 5.11 Å². The van der Waals surface area contributed by atoms with Crippen molar-refractivity contribution in [3.05, 3.63) is 47.5 Å². The van der Waals surface area contributed by atoms with Gasteiger partial charge in [0.2, 0.25) is 0 Å². The maximum atomic E-state index is 12.3. The molecule has 0 aliphatic heterocycles. The van der Waals surface area contributed by atoms with Crippen LogP contribution in [0.3, 0.4) is 0 Å². The molecule has 0 aromatic heterocycles. The van der Waals surface area contributed by atoms with Crippen LogP contribution in [0.25, 0.3) is 0 Å². The zero-order valence-corrected chi connectivity index (χ0v) is 16.1. The first-order chi connectivity index (χ1) is 12.8. The molecule has 1 saturated carbocycles. The second-order valence-electron chi connectivity index (χ2n) is 8.03. The van der Waals surface area contributed by atoms with Crippen molar-refractivity contribution in [1.82, 2.24) is 0 Å². The van der Waals surface area contributed by atoms with Gasteiger partial charge in [0.15, 0.2) is 0 Å². The van der Waals surface area contributed by atoms with Gasteiger partial charge in [0.25, 0.3) is 0 Å². The van der Waals surface area contributed by atoms with E-state index in [-0.39, 0.29) is 42.5 Å². The topological polar surface area (TPSA) is 94.8 Å². The number of carbonyl (C=O) groups excluding carboxylic acids is 1. The molecule has 0 bridgehead atoms. The van der Waals surface area contributed by atoms with Crippen molar-refractivity contribution < 1.29 is 24.9 Å². The number of benzene rings is 1. The molecule has 0 radical (unpaired) electrons. The van der Waals surface area contributed by atoms with Crippen LogP contribution in [-0.4, -0.2) is 39.8 Å². The van der Waals surface area contributed by atoms with Crippen molar-refractivity contribution in [2.45, 2.75) is 63.4 Å². The van der Waals surface area contributed by atoms with Crippen LogP contribution in [0.1, 0.15) is 63.0 Å². The number of carboxylic acid groups (broad SMARTS) is 1. The second kappa shape index (κ2) is 9.29. The molecule has 3 unspecified atom stereocenters. The van der Waals surface area contributed by atoms with Crippen LogP contribution in [0.15, 0.2) is 36.4 Å². The van der Waals surface area contributed by atoms with E-state index in [0.29, 0.717) is 19.3 Å². The molecule has 148 valence electrons. The van der Waals surface area contributed by atoms with Crippen LogP contribution in [0.5, 0.6) is 0 Å². The zero-order chi connectivity index (χ0) is 20.0. The Hall–Kier alpha value is -1.98. The number of allylic oxidation sites excluding steroid dienone is 2. The Labute approximate surface area is 160 Å². The SMILES string of the molecule is CC(C)(CO)c1ccc(C2C(O)CC(=O)C2C/C=C/CCCC(=O)O)cc1. The summed E-state index contributed by atoms with van der Waals surface area (Å²) in [5.74, 6) is -1.22. The van der Waals surface area contributed by atoms with E-state index in [9.17, 15) is 19.8 Å². The van der Waals surface area contributed by atoms with Crippen LogP contribution < -0.4 is 0 Å². The molecular weight excluding hydrogens is 344 g/mol. The van der Waals surface area contributed by atoms with E-state index in [2.05, 4.69) is 0 Å². The van der Waals surface area contributed by atoms with Crippen LogP contribution in [0.4, 0.5) is 0 Å². The molecule has 0 amide bonds. The summed E-state index contributed by atoms with van der Waals surface area (Å²) >= 11 is 0. The molecule has 1 aliphatic carbocycles. The molecule has 5 nitrogen and oxygen atoms in total. The Morgan fingerprint density at radius 2 is 1.89 bits per heavy atom. The number of hydrogen-bond acceptors (Lipinski definition) is 4. The van der Waals surface area contributed by atoms with E-state index in [0.717, 1.165) is 11.1 Å². The third kappa shape index (κ3) is 5.50. The minimum atomic E-state index is -0.801. The lowest BCUT2D eigenvalue weighted by Crippen LogP contribution is -2.22. The van der Waals surface area contributed by atoms with Gasteiger partial charge in [-0.1, -0.05) is 50.3 Å². The average Bonchev–Trinajstić information content (AvgIpc) is 2.91. The molecule has 3 atom stereocenters. The largest absolute Gasteiger partial charge is 0.481 e. The Balaban J connectivity index is 2.06. The van der Waals surface area contributed by atoms with Crippen molar-refractivity contribution in [2.24, 2.45) is 5.92 Å². The molecule has 0 spiro atoms. The number of rotatable bonds is 9. The Kier molecular flexibility index (Phi) is 7.33. The van der Waals surface area contributed by atoms with Crippen LogP contribution in [0, 0.1) is 5.92 Å². The van der Waals surface area contributed by atoms with Crippen molar-refractivity contribution in [2.75, 3.05) is 6.61 Å². The van der Waals surface area contributed by atoms with Gasteiger partial charge in [-0.2, -0.15) is 0 Å². The van der Waals surface area contributed by atoms with E-state index < -0.39 is 12.1 Å². The monoisotopic (exact) mass is 374 g/mol. The van der Waals surface area contributed by atoms with Gasteiger partial charge in [0.05, 0.1) is 12.7 Å². The number of Topliss-reactive ketones (excluding diaryl/α,β-unsaturated/α-hetero) is 1. The third-order valence-electron chi connectivity index (χ3n) is 5.46. The standard InChI is InChI=1S/C22H30O5/c1-22(2,14-23)16-11-9-15(10-12-16)21-17(18(24)13-19(21)25)7-5-3-4-6-8-20(26)27/h3,5,9-12,17,19,21,23,25H,4,6-8,13-14H2,1-2H3,(H,26,27)/b5-3+. The van der Waals surface area contributed by atoms with Gasteiger partial charge in [-0.15, -0.1) is 0 Å². The van der Waals surface area contributed by atoms with Gasteiger partial charge >= 0.3 is 5.97 Å².